The van der Waals surface area contributed by atoms with Crippen molar-refractivity contribution >= 4 is 39.5 Å². The van der Waals surface area contributed by atoms with E-state index in [1.807, 2.05) is 0 Å². The van der Waals surface area contributed by atoms with E-state index in [2.05, 4.69) is 186 Å². The summed E-state index contributed by atoms with van der Waals surface area (Å²) in [6.45, 7) is 4.47. The topological polar surface area (TPSA) is 237 Å². The lowest BCUT2D eigenvalue weighted by atomic mass is 10.1. The first-order valence-electron chi connectivity index (χ1n) is 41.7. The van der Waals surface area contributed by atoms with Crippen LogP contribution in [0.15, 0.2) is 158 Å². The summed E-state index contributed by atoms with van der Waals surface area (Å²) in [6.07, 6.45) is 93.5. The minimum absolute atomic E-state index is 0.0705. The zero-order valence-electron chi connectivity index (χ0n) is 67.5. The third-order valence-electron chi connectivity index (χ3n) is 17.0. The molecule has 0 aliphatic rings. The van der Waals surface area contributed by atoms with Crippen LogP contribution in [0.4, 0.5) is 0 Å². The van der Waals surface area contributed by atoms with Gasteiger partial charge in [0, 0.05) is 25.7 Å². The molecule has 108 heavy (non-hydrogen) atoms. The lowest BCUT2D eigenvalue weighted by molar-refractivity contribution is -0.161. The van der Waals surface area contributed by atoms with Gasteiger partial charge in [0.25, 0.3) is 0 Å². The second kappa shape index (κ2) is 79.8. The molecule has 0 aliphatic heterocycles. The van der Waals surface area contributed by atoms with Crippen LogP contribution in [0.3, 0.4) is 0 Å². The van der Waals surface area contributed by atoms with E-state index >= 15 is 0 Å². The summed E-state index contributed by atoms with van der Waals surface area (Å²) >= 11 is 0. The molecule has 0 radical (unpaired) electrons. The Hall–Kier alpha value is -5.32. The molecule has 0 aromatic carbocycles. The fourth-order valence-corrected chi connectivity index (χ4v) is 12.3. The van der Waals surface area contributed by atoms with E-state index in [4.69, 9.17) is 37.0 Å². The van der Waals surface area contributed by atoms with E-state index in [1.165, 1.54) is 38.5 Å². The molecule has 17 nitrogen and oxygen atoms in total. The molecule has 0 bridgehead atoms. The van der Waals surface area contributed by atoms with Gasteiger partial charge in [0.05, 0.1) is 26.4 Å². The molecule has 616 valence electrons. The van der Waals surface area contributed by atoms with Crippen LogP contribution < -0.4 is 0 Å². The molecule has 0 aromatic heterocycles. The normalized spacial score (nSPS) is 14.6. The van der Waals surface area contributed by atoms with Gasteiger partial charge in [0.15, 0.2) is 12.2 Å². The summed E-state index contributed by atoms with van der Waals surface area (Å²) in [5.74, 6) is -2.26. The van der Waals surface area contributed by atoms with Crippen LogP contribution in [0, 0.1) is 0 Å². The minimum atomic E-state index is -5.00. The van der Waals surface area contributed by atoms with Crippen molar-refractivity contribution in [2.75, 3.05) is 39.6 Å². The second-order valence-corrected chi connectivity index (χ2v) is 30.2. The lowest BCUT2D eigenvalue weighted by Crippen LogP contribution is -2.30. The van der Waals surface area contributed by atoms with Crippen molar-refractivity contribution in [2.24, 2.45) is 0 Å². The molecule has 0 rings (SSSR count). The van der Waals surface area contributed by atoms with E-state index in [-0.39, 0.29) is 25.7 Å². The molecular formula is C89H148O17P2. The van der Waals surface area contributed by atoms with Crippen molar-refractivity contribution < 1.29 is 80.2 Å². The monoisotopic (exact) mass is 1550 g/mol. The SMILES string of the molecule is CC/C=C\C/C=C\C/C=C\C/C=C\C/C=C\CCCCCC(=O)OCC(COP(=O)(O)OCC(O)COP(=O)(O)OCC(COC(=O)CCCCCC/C=C\C/C=C\C/C=C\C/C=C\CC)OC(=O)CCCCCCC/C=C\CCCCCCCC)OC(=O)CCCCCCCCC/C=C\C/C=C\C/C=C\CC. The fraction of sp³-hybridized carbons (Fsp3) is 0.663. The largest absolute Gasteiger partial charge is 0.472 e. The number of carbonyl (C=O) groups excluding carboxylic acids is 4. The van der Waals surface area contributed by atoms with E-state index in [1.54, 1.807) is 0 Å². The molecule has 0 fully saturated rings. The van der Waals surface area contributed by atoms with E-state index in [0.717, 1.165) is 205 Å². The van der Waals surface area contributed by atoms with Gasteiger partial charge < -0.3 is 33.8 Å². The molecule has 0 spiro atoms. The molecule has 0 aromatic rings. The number of phosphoric ester groups is 2. The zero-order valence-corrected chi connectivity index (χ0v) is 69.3. The molecule has 0 saturated heterocycles. The number of aliphatic hydroxyl groups is 1. The summed E-state index contributed by atoms with van der Waals surface area (Å²) in [6, 6.07) is 0. The van der Waals surface area contributed by atoms with Crippen LogP contribution in [0.2, 0.25) is 0 Å². The number of phosphoric acid groups is 2. The number of rotatable bonds is 77. The number of ether oxygens (including phenoxy) is 4. The van der Waals surface area contributed by atoms with Gasteiger partial charge in [-0.05, 0) is 167 Å². The highest BCUT2D eigenvalue weighted by Gasteiger charge is 2.30. The van der Waals surface area contributed by atoms with Crippen LogP contribution in [0.5, 0.6) is 0 Å². The summed E-state index contributed by atoms with van der Waals surface area (Å²) in [5, 5.41) is 10.7. The average Bonchev–Trinajstić information content (AvgIpc) is 0.906. The molecular weight excluding hydrogens is 1400 g/mol. The maximum atomic E-state index is 13.1. The van der Waals surface area contributed by atoms with Crippen molar-refractivity contribution in [1.29, 1.82) is 0 Å². The summed E-state index contributed by atoms with van der Waals surface area (Å²) in [4.78, 5) is 73.2. The Morgan fingerprint density at radius 3 is 0.759 bits per heavy atom. The third kappa shape index (κ3) is 78.8. The van der Waals surface area contributed by atoms with Gasteiger partial charge >= 0.3 is 39.5 Å². The van der Waals surface area contributed by atoms with Gasteiger partial charge in [0.2, 0.25) is 0 Å². The predicted octanol–water partition coefficient (Wildman–Crippen LogP) is 24.8. The molecule has 0 heterocycles. The number of hydrogen-bond acceptors (Lipinski definition) is 15. The Morgan fingerprint density at radius 1 is 0.269 bits per heavy atom. The highest BCUT2D eigenvalue weighted by atomic mass is 31.2. The molecule has 19 heteroatoms. The average molecular weight is 1550 g/mol. The standard InChI is InChI=1S/C89H148O17P2/c1-5-9-13-17-21-25-29-33-37-40-41-44-47-50-54-58-62-66-70-74-87(92)100-80-85(106-89(94)76-72-68-64-60-56-52-48-43-39-35-31-27-23-19-15-11-7-3)82-104-108(97,98)102-78-83(90)77-101-107(95,96)103-81-84(105-88(93)75-71-67-63-59-55-51-45-36-32-28-24-20-16-12-8-4)79-99-86(91)73-69-65-61-57-53-49-46-42-38-34-30-26-22-18-14-10-6-2/h9-11,13-15,21-23,25-27,33-39,41,44-46,49-50,54,83-85,90H,5-8,12,16-20,24,28-32,40,42-43,47-48,51-53,55-82H2,1-4H3,(H,95,96)(H,97,98)/b13-9-,14-10-,15-11-,25-21-,26-22-,27-23-,37-33-,38-34-,39-35-,44-41-,45-36-,49-46-,54-50-. The number of carbonyl (C=O) groups is 4. The first-order valence-corrected chi connectivity index (χ1v) is 44.7. The molecule has 0 saturated carbocycles. The maximum absolute atomic E-state index is 13.1. The van der Waals surface area contributed by atoms with E-state index in [9.17, 15) is 43.2 Å². The Balaban J connectivity index is 5.45. The minimum Gasteiger partial charge on any atom is -0.462 e. The van der Waals surface area contributed by atoms with Crippen molar-refractivity contribution in [3.05, 3.63) is 158 Å². The smallest absolute Gasteiger partial charge is 0.462 e. The van der Waals surface area contributed by atoms with Gasteiger partial charge in [-0.3, -0.25) is 37.3 Å². The van der Waals surface area contributed by atoms with E-state index < -0.39 is 97.5 Å². The van der Waals surface area contributed by atoms with Crippen LogP contribution in [0.25, 0.3) is 0 Å². The zero-order chi connectivity index (χ0) is 78.9. The van der Waals surface area contributed by atoms with Crippen LogP contribution in [-0.2, 0) is 65.4 Å². The van der Waals surface area contributed by atoms with Gasteiger partial charge in [-0.1, -0.05) is 288 Å². The Kier molecular flexibility index (Phi) is 75.8. The second-order valence-electron chi connectivity index (χ2n) is 27.3. The lowest BCUT2D eigenvalue weighted by Gasteiger charge is -2.21. The number of esters is 4. The van der Waals surface area contributed by atoms with E-state index in [0.29, 0.717) is 25.7 Å². The van der Waals surface area contributed by atoms with Crippen molar-refractivity contribution in [2.45, 2.75) is 341 Å². The summed E-state index contributed by atoms with van der Waals surface area (Å²) in [7, 11) is -10.00. The molecule has 0 aliphatic carbocycles. The maximum Gasteiger partial charge on any atom is 0.472 e. The van der Waals surface area contributed by atoms with Crippen molar-refractivity contribution in [3.8, 4) is 0 Å². The third-order valence-corrected chi connectivity index (χ3v) is 18.9. The van der Waals surface area contributed by atoms with Crippen LogP contribution >= 0.6 is 15.6 Å². The van der Waals surface area contributed by atoms with Crippen molar-refractivity contribution in [1.82, 2.24) is 0 Å². The highest BCUT2D eigenvalue weighted by molar-refractivity contribution is 7.47. The van der Waals surface area contributed by atoms with Crippen molar-refractivity contribution in [3.63, 3.8) is 0 Å². The Bertz CT molecular complexity index is 2660. The fourth-order valence-electron chi connectivity index (χ4n) is 10.7. The summed E-state index contributed by atoms with van der Waals surface area (Å²) in [5.41, 5.74) is 0. The van der Waals surface area contributed by atoms with Gasteiger partial charge in [0.1, 0.15) is 19.3 Å². The van der Waals surface area contributed by atoms with Gasteiger partial charge in [-0.15, -0.1) is 0 Å². The molecule has 3 N–H and O–H groups in total. The molecule has 0 amide bonds. The Labute approximate surface area is 655 Å². The number of unbranched alkanes of at least 4 members (excludes halogenated alkanes) is 25. The summed E-state index contributed by atoms with van der Waals surface area (Å²) < 4.78 is 68.7. The first-order chi connectivity index (χ1) is 52.7. The predicted molar refractivity (Wildman–Crippen MR) is 445 cm³/mol. The number of aliphatic hydroxyl groups excluding tert-OH is 1. The van der Waals surface area contributed by atoms with Crippen LogP contribution in [-0.4, -0.2) is 96.7 Å². The van der Waals surface area contributed by atoms with Gasteiger partial charge in [-0.2, -0.15) is 0 Å². The number of hydrogen-bond donors (Lipinski definition) is 3. The quantitative estimate of drug-likeness (QED) is 0.0169. The Morgan fingerprint density at radius 2 is 0.481 bits per heavy atom. The van der Waals surface area contributed by atoms with Crippen LogP contribution in [0.1, 0.15) is 323 Å². The number of allylic oxidation sites excluding steroid dienone is 26. The first kappa shape index (κ1) is 103. The molecule has 5 atom stereocenters. The highest BCUT2D eigenvalue weighted by Crippen LogP contribution is 2.45. The van der Waals surface area contributed by atoms with Gasteiger partial charge in [-0.25, -0.2) is 9.13 Å². The molecule has 5 unspecified atom stereocenters.